The summed E-state index contributed by atoms with van der Waals surface area (Å²) in [5, 5.41) is 0.818. The van der Waals surface area contributed by atoms with Crippen LogP contribution in [0.4, 0.5) is 0 Å². The van der Waals surface area contributed by atoms with Crippen molar-refractivity contribution in [2.75, 3.05) is 7.05 Å². The van der Waals surface area contributed by atoms with Gasteiger partial charge in [0.15, 0.2) is 11.7 Å². The van der Waals surface area contributed by atoms with E-state index in [1.165, 1.54) is 20.8 Å². The van der Waals surface area contributed by atoms with E-state index in [0.717, 1.165) is 15.2 Å². The third-order valence-electron chi connectivity index (χ3n) is 5.08. The van der Waals surface area contributed by atoms with Crippen molar-refractivity contribution in [2.24, 2.45) is 0 Å². The van der Waals surface area contributed by atoms with Crippen LogP contribution < -0.4 is 5.76 Å². The van der Waals surface area contributed by atoms with Gasteiger partial charge in [0.1, 0.15) is 5.01 Å². The molecule has 4 aromatic rings. The van der Waals surface area contributed by atoms with Crippen molar-refractivity contribution in [2.45, 2.75) is 39.0 Å². The minimum Gasteiger partial charge on any atom is -0.453 e. The summed E-state index contributed by atoms with van der Waals surface area (Å²) in [6, 6.07) is 14.9. The summed E-state index contributed by atoms with van der Waals surface area (Å²) in [4.78, 5) is 42.9. The van der Waals surface area contributed by atoms with E-state index in [2.05, 4.69) is 4.98 Å². The second-order valence-electron chi connectivity index (χ2n) is 7.49. The molecule has 2 aromatic heterocycles. The zero-order valence-electron chi connectivity index (χ0n) is 17.8. The molecule has 8 nitrogen and oxygen atoms in total. The van der Waals surface area contributed by atoms with Crippen molar-refractivity contribution in [1.29, 1.82) is 0 Å². The summed E-state index contributed by atoms with van der Waals surface area (Å²) < 4.78 is 13.0. The van der Waals surface area contributed by atoms with Crippen LogP contribution in [0.25, 0.3) is 21.3 Å². The van der Waals surface area contributed by atoms with Gasteiger partial charge in [-0.05, 0) is 37.6 Å². The molecule has 1 amide bonds. The van der Waals surface area contributed by atoms with Crippen LogP contribution in [0.5, 0.6) is 0 Å². The van der Waals surface area contributed by atoms with Crippen LogP contribution in [-0.2, 0) is 27.4 Å². The molecule has 32 heavy (non-hydrogen) atoms. The minimum atomic E-state index is -0.903. The molecule has 2 aromatic carbocycles. The minimum absolute atomic E-state index is 0.0884. The average Bonchev–Trinajstić information content (AvgIpc) is 3.32. The van der Waals surface area contributed by atoms with Gasteiger partial charge in [0, 0.05) is 20.0 Å². The first-order valence-electron chi connectivity index (χ1n) is 10.3. The highest BCUT2D eigenvalue weighted by molar-refractivity contribution is 7.18. The number of benzene rings is 2. The van der Waals surface area contributed by atoms with Gasteiger partial charge in [-0.15, -0.1) is 11.3 Å². The lowest BCUT2D eigenvalue weighted by molar-refractivity contribution is -0.158. The van der Waals surface area contributed by atoms with E-state index in [9.17, 15) is 14.4 Å². The van der Waals surface area contributed by atoms with Gasteiger partial charge in [-0.1, -0.05) is 24.3 Å². The van der Waals surface area contributed by atoms with Gasteiger partial charge >= 0.3 is 11.7 Å². The van der Waals surface area contributed by atoms with Crippen LogP contribution in [-0.4, -0.2) is 39.5 Å². The number of nitrogens with zero attached hydrogens (tertiary/aromatic N) is 3. The highest BCUT2D eigenvalue weighted by Gasteiger charge is 2.22. The van der Waals surface area contributed by atoms with E-state index in [4.69, 9.17) is 9.15 Å². The topological polar surface area (TPSA) is 94.6 Å². The van der Waals surface area contributed by atoms with Crippen LogP contribution in [0, 0.1) is 0 Å². The first kappa shape index (κ1) is 21.8. The number of amides is 1. The number of esters is 1. The number of aromatic nitrogens is 2. The second kappa shape index (κ2) is 9.35. The van der Waals surface area contributed by atoms with Crippen molar-refractivity contribution in [1.82, 2.24) is 14.5 Å². The Balaban J connectivity index is 1.27. The molecule has 0 radical (unpaired) electrons. The summed E-state index contributed by atoms with van der Waals surface area (Å²) in [7, 11) is 1.66. The van der Waals surface area contributed by atoms with Crippen LogP contribution in [0.1, 0.15) is 24.8 Å². The number of hydrogen-bond acceptors (Lipinski definition) is 7. The molecular weight excluding hydrogens is 430 g/mol. The Morgan fingerprint density at radius 2 is 1.94 bits per heavy atom. The molecule has 0 saturated heterocycles. The quantitative estimate of drug-likeness (QED) is 0.379. The summed E-state index contributed by atoms with van der Waals surface area (Å²) >= 11 is 1.53. The average molecular weight is 454 g/mol. The van der Waals surface area contributed by atoms with Gasteiger partial charge in [0.25, 0.3) is 5.91 Å². The summed E-state index contributed by atoms with van der Waals surface area (Å²) in [5.74, 6) is -1.24. The van der Waals surface area contributed by atoms with Gasteiger partial charge in [0.05, 0.1) is 22.3 Å². The van der Waals surface area contributed by atoms with Crippen LogP contribution >= 0.6 is 11.3 Å². The maximum absolute atomic E-state index is 12.6. The second-order valence-corrected chi connectivity index (χ2v) is 8.61. The first-order valence-corrected chi connectivity index (χ1v) is 11.1. The number of thiazole rings is 1. The van der Waals surface area contributed by atoms with E-state index in [-0.39, 0.29) is 12.3 Å². The van der Waals surface area contributed by atoms with Crippen molar-refractivity contribution in [3.05, 3.63) is 64.1 Å². The lowest BCUT2D eigenvalue weighted by atomic mass is 10.3. The summed E-state index contributed by atoms with van der Waals surface area (Å²) in [6.07, 6.45) is -0.421. The lowest BCUT2D eigenvalue weighted by Gasteiger charge is -2.20. The molecule has 0 N–H and O–H groups in total. The maximum atomic E-state index is 12.6. The Labute approximate surface area is 188 Å². The first-order chi connectivity index (χ1) is 15.4. The van der Waals surface area contributed by atoms with Crippen molar-refractivity contribution in [3.8, 4) is 0 Å². The SMILES string of the molecule is CC(OC(=O)CCCn1c(=O)oc2ccccc21)C(=O)N(C)Cc1nc2ccccc2s1. The number of rotatable bonds is 8. The molecule has 0 fully saturated rings. The van der Waals surface area contributed by atoms with Crippen molar-refractivity contribution < 1.29 is 18.7 Å². The number of likely N-dealkylation sites (N-methyl/N-ethyl adjacent to an activating group) is 1. The standard InChI is InChI=1S/C23H23N3O5S/c1-15(22(28)25(2)14-20-24-16-8-3-6-11-19(16)32-20)30-21(27)12-7-13-26-17-9-4-5-10-18(17)31-23(26)29/h3-6,8-11,15H,7,12-14H2,1-2H3. The number of hydrogen-bond donors (Lipinski definition) is 0. The number of carbonyl (C=O) groups excluding carboxylic acids is 2. The Kier molecular flexibility index (Phi) is 6.36. The predicted octanol–water partition coefficient (Wildman–Crippen LogP) is 3.57. The number of fused-ring (bicyclic) bond motifs is 2. The number of para-hydroxylation sites is 3. The molecule has 0 aliphatic heterocycles. The van der Waals surface area contributed by atoms with Crippen LogP contribution in [0.3, 0.4) is 0 Å². The van der Waals surface area contributed by atoms with E-state index in [1.807, 2.05) is 30.3 Å². The molecule has 4 rings (SSSR count). The zero-order valence-corrected chi connectivity index (χ0v) is 18.6. The fraction of sp³-hybridized carbons (Fsp3) is 0.304. The summed E-state index contributed by atoms with van der Waals surface area (Å²) in [5.41, 5.74) is 2.10. The van der Waals surface area contributed by atoms with Crippen LogP contribution in [0.15, 0.2) is 57.7 Å². The van der Waals surface area contributed by atoms with Gasteiger partial charge in [-0.3, -0.25) is 14.2 Å². The molecule has 0 aliphatic carbocycles. The maximum Gasteiger partial charge on any atom is 0.419 e. The fourth-order valence-electron chi connectivity index (χ4n) is 3.49. The van der Waals surface area contributed by atoms with Gasteiger partial charge in [-0.2, -0.15) is 0 Å². The summed E-state index contributed by atoms with van der Waals surface area (Å²) in [6.45, 7) is 2.23. The molecule has 2 heterocycles. The molecule has 0 bridgehead atoms. The lowest BCUT2D eigenvalue weighted by Crippen LogP contribution is -2.37. The van der Waals surface area contributed by atoms with Gasteiger partial charge < -0.3 is 14.1 Å². The predicted molar refractivity (Wildman–Crippen MR) is 121 cm³/mol. The molecule has 0 spiro atoms. The smallest absolute Gasteiger partial charge is 0.419 e. The fourth-order valence-corrected chi connectivity index (χ4v) is 4.51. The number of ether oxygens (including phenoxy) is 1. The van der Waals surface area contributed by atoms with E-state index >= 15 is 0 Å². The van der Waals surface area contributed by atoms with Crippen LogP contribution in [0.2, 0.25) is 0 Å². The van der Waals surface area contributed by atoms with Crippen molar-refractivity contribution in [3.63, 3.8) is 0 Å². The monoisotopic (exact) mass is 453 g/mol. The third-order valence-corrected chi connectivity index (χ3v) is 6.10. The van der Waals surface area contributed by atoms with Gasteiger partial charge in [-0.25, -0.2) is 9.78 Å². The van der Waals surface area contributed by atoms with E-state index in [1.54, 1.807) is 32.2 Å². The molecule has 1 unspecified atom stereocenters. The Morgan fingerprint density at radius 3 is 2.75 bits per heavy atom. The highest BCUT2D eigenvalue weighted by atomic mass is 32.1. The normalized spacial score (nSPS) is 12.2. The van der Waals surface area contributed by atoms with Gasteiger partial charge in [0.2, 0.25) is 0 Å². The van der Waals surface area contributed by atoms with E-state index in [0.29, 0.717) is 30.6 Å². The Morgan fingerprint density at radius 1 is 1.19 bits per heavy atom. The zero-order chi connectivity index (χ0) is 22.7. The Bertz CT molecular complexity index is 1290. The molecule has 0 aliphatic rings. The van der Waals surface area contributed by atoms with E-state index < -0.39 is 17.8 Å². The highest BCUT2D eigenvalue weighted by Crippen LogP contribution is 2.22. The molecular formula is C23H23N3O5S. The molecule has 9 heteroatoms. The van der Waals surface area contributed by atoms with Crippen molar-refractivity contribution >= 4 is 44.5 Å². The Hall–Kier alpha value is -3.46. The number of oxazole rings is 1. The molecule has 1 atom stereocenters. The molecule has 166 valence electrons. The molecule has 0 saturated carbocycles. The number of aryl methyl sites for hydroxylation is 1. The third kappa shape index (κ3) is 4.72. The largest absolute Gasteiger partial charge is 0.453 e. The number of carbonyl (C=O) groups is 2.